The summed E-state index contributed by atoms with van der Waals surface area (Å²) >= 11 is 1.55. The van der Waals surface area contributed by atoms with Gasteiger partial charge in [0.1, 0.15) is 6.04 Å². The van der Waals surface area contributed by atoms with Gasteiger partial charge in [-0.1, -0.05) is 37.5 Å². The van der Waals surface area contributed by atoms with E-state index in [1.165, 1.54) is 13.5 Å². The van der Waals surface area contributed by atoms with E-state index in [4.69, 9.17) is 4.74 Å². The van der Waals surface area contributed by atoms with E-state index in [1.807, 2.05) is 17.5 Å². The molecule has 6 nitrogen and oxygen atoms in total. The summed E-state index contributed by atoms with van der Waals surface area (Å²) in [6, 6.07) is 10.3. The van der Waals surface area contributed by atoms with E-state index in [2.05, 4.69) is 5.32 Å². The summed E-state index contributed by atoms with van der Waals surface area (Å²) in [6.07, 6.45) is 7.51. The zero-order valence-corrected chi connectivity index (χ0v) is 19.2. The average molecular weight is 455 g/mol. The lowest BCUT2D eigenvalue weighted by Gasteiger charge is -2.33. The molecule has 2 aromatic rings. The summed E-state index contributed by atoms with van der Waals surface area (Å²) < 4.78 is 4.80. The smallest absolute Gasteiger partial charge is 0.337 e. The minimum Gasteiger partial charge on any atom is -0.465 e. The van der Waals surface area contributed by atoms with Crippen LogP contribution in [0.4, 0.5) is 0 Å². The molecular formula is C25H30N2O4S. The molecule has 1 heterocycles. The van der Waals surface area contributed by atoms with E-state index in [0.717, 1.165) is 49.0 Å². The number of methoxy groups -OCH3 is 1. The highest BCUT2D eigenvalue weighted by Crippen LogP contribution is 2.36. The fourth-order valence-electron chi connectivity index (χ4n) is 4.45. The zero-order valence-electron chi connectivity index (χ0n) is 18.4. The maximum atomic E-state index is 13.6. The fourth-order valence-corrected chi connectivity index (χ4v) is 5.15. The number of benzene rings is 1. The lowest BCUT2D eigenvalue weighted by Crippen LogP contribution is -2.48. The van der Waals surface area contributed by atoms with Crippen molar-refractivity contribution in [1.82, 2.24) is 10.2 Å². The first-order valence-corrected chi connectivity index (χ1v) is 12.3. The van der Waals surface area contributed by atoms with Crippen molar-refractivity contribution >= 4 is 29.1 Å². The molecule has 2 aliphatic rings. The van der Waals surface area contributed by atoms with Crippen LogP contribution in [-0.4, -0.2) is 41.9 Å². The van der Waals surface area contributed by atoms with Crippen molar-refractivity contribution in [2.75, 3.05) is 7.11 Å². The molecule has 2 aliphatic carbocycles. The standard InChI is InChI=1S/C25H30N2O4S/c1-31-25(30)18-11-9-17(10-12-18)23(24(29)26-19-6-3-2-4-7-19)27(20-13-14-20)22(28)16-21-8-5-15-32-21/h5,8-12,15,19-20,23H,2-4,6-7,13-14,16H2,1H3,(H,26,29)/t23-/m1/s1. The highest BCUT2D eigenvalue weighted by molar-refractivity contribution is 7.10. The summed E-state index contributed by atoms with van der Waals surface area (Å²) in [7, 11) is 1.34. The van der Waals surface area contributed by atoms with Crippen LogP contribution in [0.3, 0.4) is 0 Å². The predicted molar refractivity (Wildman–Crippen MR) is 123 cm³/mol. The van der Waals surface area contributed by atoms with Crippen LogP contribution in [0.2, 0.25) is 0 Å². The number of esters is 1. The number of thiophene rings is 1. The molecule has 4 rings (SSSR count). The van der Waals surface area contributed by atoms with E-state index in [9.17, 15) is 14.4 Å². The molecule has 2 fully saturated rings. The van der Waals surface area contributed by atoms with Gasteiger partial charge in [0.15, 0.2) is 0 Å². The molecule has 0 unspecified atom stereocenters. The second-order valence-corrected chi connectivity index (χ2v) is 9.68. The zero-order chi connectivity index (χ0) is 22.5. The highest BCUT2D eigenvalue weighted by Gasteiger charge is 2.41. The van der Waals surface area contributed by atoms with Crippen LogP contribution in [0.25, 0.3) is 0 Å². The van der Waals surface area contributed by atoms with Gasteiger partial charge in [0.05, 0.1) is 19.1 Å². The maximum absolute atomic E-state index is 13.6. The van der Waals surface area contributed by atoms with Crippen LogP contribution < -0.4 is 5.32 Å². The van der Waals surface area contributed by atoms with Gasteiger partial charge >= 0.3 is 5.97 Å². The number of rotatable bonds is 8. The molecular weight excluding hydrogens is 424 g/mol. The Morgan fingerprint density at radius 1 is 1.06 bits per heavy atom. The summed E-state index contributed by atoms with van der Waals surface area (Å²) in [4.78, 5) is 41.6. The third-order valence-electron chi connectivity index (χ3n) is 6.26. The van der Waals surface area contributed by atoms with E-state index in [1.54, 1.807) is 40.5 Å². The Hall–Kier alpha value is -2.67. The maximum Gasteiger partial charge on any atom is 0.337 e. The van der Waals surface area contributed by atoms with E-state index in [0.29, 0.717) is 12.0 Å². The first kappa shape index (κ1) is 22.5. The van der Waals surface area contributed by atoms with Crippen molar-refractivity contribution in [3.63, 3.8) is 0 Å². The van der Waals surface area contributed by atoms with Gasteiger partial charge in [0, 0.05) is 17.0 Å². The number of nitrogens with one attached hydrogen (secondary N) is 1. The van der Waals surface area contributed by atoms with E-state index < -0.39 is 12.0 Å². The van der Waals surface area contributed by atoms with Crippen LogP contribution in [0, 0.1) is 0 Å². The van der Waals surface area contributed by atoms with Crippen LogP contribution in [0.15, 0.2) is 41.8 Å². The number of carbonyl (C=O) groups excluding carboxylic acids is 3. The van der Waals surface area contributed by atoms with Crippen LogP contribution in [0.1, 0.15) is 71.8 Å². The predicted octanol–water partition coefficient (Wildman–Crippen LogP) is 4.26. The van der Waals surface area contributed by atoms with Gasteiger partial charge in [-0.05, 0) is 54.8 Å². The summed E-state index contributed by atoms with van der Waals surface area (Å²) in [5.41, 5.74) is 1.14. The molecule has 1 aromatic heterocycles. The Bertz CT molecular complexity index is 931. The third kappa shape index (κ3) is 5.38. The second kappa shape index (κ2) is 10.3. The lowest BCUT2D eigenvalue weighted by atomic mass is 9.94. The van der Waals surface area contributed by atoms with Gasteiger partial charge in [-0.3, -0.25) is 9.59 Å². The molecule has 0 spiro atoms. The van der Waals surface area contributed by atoms with Crippen LogP contribution >= 0.6 is 11.3 Å². The fraction of sp³-hybridized carbons (Fsp3) is 0.480. The molecule has 0 radical (unpaired) electrons. The van der Waals surface area contributed by atoms with Gasteiger partial charge in [-0.2, -0.15) is 0 Å². The van der Waals surface area contributed by atoms with Crippen molar-refractivity contribution in [3.8, 4) is 0 Å². The Morgan fingerprint density at radius 3 is 2.38 bits per heavy atom. The molecule has 1 aromatic carbocycles. The van der Waals surface area contributed by atoms with Crippen LogP contribution in [0.5, 0.6) is 0 Å². The van der Waals surface area contributed by atoms with Gasteiger partial charge < -0.3 is 15.0 Å². The number of hydrogen-bond acceptors (Lipinski definition) is 5. The molecule has 32 heavy (non-hydrogen) atoms. The first-order chi connectivity index (χ1) is 15.6. The Labute approximate surface area is 192 Å². The van der Waals surface area contributed by atoms with Crippen molar-refractivity contribution in [1.29, 1.82) is 0 Å². The first-order valence-electron chi connectivity index (χ1n) is 11.4. The Morgan fingerprint density at radius 2 is 1.78 bits per heavy atom. The molecule has 7 heteroatoms. The Kier molecular flexibility index (Phi) is 7.25. The quantitative estimate of drug-likeness (QED) is 0.605. The molecule has 1 N–H and O–H groups in total. The minimum absolute atomic E-state index is 0.0317. The topological polar surface area (TPSA) is 75.7 Å². The van der Waals surface area contributed by atoms with Gasteiger partial charge in [0.25, 0.3) is 0 Å². The van der Waals surface area contributed by atoms with Crippen molar-refractivity contribution in [3.05, 3.63) is 57.8 Å². The minimum atomic E-state index is -0.705. The van der Waals surface area contributed by atoms with Gasteiger partial charge in [0.2, 0.25) is 11.8 Å². The summed E-state index contributed by atoms with van der Waals surface area (Å²) in [6.45, 7) is 0. The number of hydrogen-bond donors (Lipinski definition) is 1. The van der Waals surface area contributed by atoms with Crippen molar-refractivity contribution in [2.24, 2.45) is 0 Å². The molecule has 0 saturated heterocycles. The second-order valence-electron chi connectivity index (χ2n) is 8.65. The monoisotopic (exact) mass is 454 g/mol. The molecule has 1 atom stereocenters. The van der Waals surface area contributed by atoms with Crippen LogP contribution in [-0.2, 0) is 20.7 Å². The van der Waals surface area contributed by atoms with E-state index >= 15 is 0 Å². The third-order valence-corrected chi connectivity index (χ3v) is 7.14. The summed E-state index contributed by atoms with van der Waals surface area (Å²) in [5, 5.41) is 5.18. The number of amides is 2. The molecule has 0 bridgehead atoms. The molecule has 2 saturated carbocycles. The lowest BCUT2D eigenvalue weighted by molar-refractivity contribution is -0.141. The molecule has 0 aliphatic heterocycles. The number of nitrogens with zero attached hydrogens (tertiary/aromatic N) is 1. The Balaban J connectivity index is 1.62. The number of carbonyl (C=O) groups is 3. The average Bonchev–Trinajstić information content (AvgIpc) is 3.52. The number of ether oxygens (including phenoxy) is 1. The largest absolute Gasteiger partial charge is 0.465 e. The van der Waals surface area contributed by atoms with Crippen molar-refractivity contribution < 1.29 is 19.1 Å². The highest BCUT2D eigenvalue weighted by atomic mass is 32.1. The van der Waals surface area contributed by atoms with E-state index in [-0.39, 0.29) is 23.9 Å². The summed E-state index contributed by atoms with van der Waals surface area (Å²) in [5.74, 6) is -0.586. The van der Waals surface area contributed by atoms with Gasteiger partial charge in [-0.25, -0.2) is 4.79 Å². The van der Waals surface area contributed by atoms with Crippen molar-refractivity contribution in [2.45, 2.75) is 69.5 Å². The van der Waals surface area contributed by atoms with Gasteiger partial charge in [-0.15, -0.1) is 11.3 Å². The molecule has 2 amide bonds. The normalized spacial score (nSPS) is 17.4. The SMILES string of the molecule is COC(=O)c1ccc([C@H](C(=O)NC2CCCCC2)N(C(=O)Cc2cccs2)C2CC2)cc1. The molecule has 170 valence electrons.